The van der Waals surface area contributed by atoms with Gasteiger partial charge < -0.3 is 0 Å². The molecular formula is C12H10ClN5S. The standard InChI is InChI=1S/C12H10ClN5S/c1-18-11-10(16-17-18)12(15-7-14-11)19-6-8-3-2-4-9(13)5-8/h2-5,7H,6H2,1H3. The van der Waals surface area contributed by atoms with Crippen molar-refractivity contribution in [1.29, 1.82) is 0 Å². The average molecular weight is 292 g/mol. The lowest BCUT2D eigenvalue weighted by molar-refractivity contribution is 0.729. The molecule has 0 N–H and O–H groups in total. The van der Waals surface area contributed by atoms with Crippen molar-refractivity contribution in [1.82, 2.24) is 25.0 Å². The number of fused-ring (bicyclic) bond motifs is 1. The molecule has 0 amide bonds. The first-order valence-electron chi connectivity index (χ1n) is 5.61. The molecule has 3 rings (SSSR count). The molecule has 0 radical (unpaired) electrons. The number of benzene rings is 1. The number of rotatable bonds is 3. The normalized spacial score (nSPS) is 11.1. The van der Waals surface area contributed by atoms with Crippen LogP contribution in [0.1, 0.15) is 5.56 Å². The first-order chi connectivity index (χ1) is 9.24. The Bertz CT molecular complexity index is 727. The molecule has 0 fully saturated rings. The van der Waals surface area contributed by atoms with E-state index in [9.17, 15) is 0 Å². The predicted octanol–water partition coefficient (Wildman–Crippen LogP) is 2.70. The van der Waals surface area contributed by atoms with Gasteiger partial charge in [0.15, 0.2) is 11.2 Å². The van der Waals surface area contributed by atoms with Gasteiger partial charge >= 0.3 is 0 Å². The zero-order valence-corrected chi connectivity index (χ0v) is 11.7. The van der Waals surface area contributed by atoms with Gasteiger partial charge in [-0.2, -0.15) is 0 Å². The first kappa shape index (κ1) is 12.4. The monoisotopic (exact) mass is 291 g/mol. The molecule has 0 aliphatic rings. The van der Waals surface area contributed by atoms with Gasteiger partial charge in [-0.05, 0) is 17.7 Å². The number of nitrogens with zero attached hydrogens (tertiary/aromatic N) is 5. The fourth-order valence-corrected chi connectivity index (χ4v) is 2.80. The Morgan fingerprint density at radius 2 is 2.21 bits per heavy atom. The van der Waals surface area contributed by atoms with Gasteiger partial charge in [0.25, 0.3) is 0 Å². The molecule has 0 saturated heterocycles. The first-order valence-corrected chi connectivity index (χ1v) is 6.98. The van der Waals surface area contributed by atoms with Crippen LogP contribution in [0.4, 0.5) is 0 Å². The Labute approximate surface area is 119 Å². The SMILES string of the molecule is Cn1nnc2c(SCc3cccc(Cl)c3)ncnc21. The lowest BCUT2D eigenvalue weighted by Crippen LogP contribution is -1.93. The molecule has 1 aromatic carbocycles. The molecule has 0 aliphatic carbocycles. The number of hydrogen-bond acceptors (Lipinski definition) is 5. The number of hydrogen-bond donors (Lipinski definition) is 0. The lowest BCUT2D eigenvalue weighted by atomic mass is 10.2. The van der Waals surface area contributed by atoms with Crippen molar-refractivity contribution in [3.63, 3.8) is 0 Å². The Morgan fingerprint density at radius 1 is 1.32 bits per heavy atom. The summed E-state index contributed by atoms with van der Waals surface area (Å²) in [7, 11) is 1.81. The van der Waals surface area contributed by atoms with E-state index in [0.29, 0.717) is 0 Å². The highest BCUT2D eigenvalue weighted by molar-refractivity contribution is 7.98. The van der Waals surface area contributed by atoms with E-state index in [2.05, 4.69) is 20.3 Å². The largest absolute Gasteiger partial charge is 0.230 e. The summed E-state index contributed by atoms with van der Waals surface area (Å²) in [5.74, 6) is 0.781. The number of thioether (sulfide) groups is 1. The van der Waals surface area contributed by atoms with Crippen LogP contribution in [0.15, 0.2) is 35.6 Å². The van der Waals surface area contributed by atoms with Crippen LogP contribution in [0, 0.1) is 0 Å². The second kappa shape index (κ2) is 5.14. The molecule has 7 heteroatoms. The van der Waals surface area contributed by atoms with E-state index in [1.54, 1.807) is 16.4 Å². The predicted molar refractivity (Wildman–Crippen MR) is 75.1 cm³/mol. The van der Waals surface area contributed by atoms with Gasteiger partial charge in [0.1, 0.15) is 11.4 Å². The van der Waals surface area contributed by atoms with Crippen molar-refractivity contribution in [3.8, 4) is 0 Å². The quantitative estimate of drug-likeness (QED) is 0.548. The van der Waals surface area contributed by atoms with Gasteiger partial charge in [0.05, 0.1) is 0 Å². The molecule has 96 valence electrons. The number of halogens is 1. The Kier molecular flexibility index (Phi) is 3.35. The van der Waals surface area contributed by atoms with Crippen molar-refractivity contribution in [2.75, 3.05) is 0 Å². The highest BCUT2D eigenvalue weighted by Crippen LogP contribution is 2.26. The van der Waals surface area contributed by atoms with Gasteiger partial charge in [-0.3, -0.25) is 0 Å². The van der Waals surface area contributed by atoms with Crippen LogP contribution in [0.2, 0.25) is 5.02 Å². The fraction of sp³-hybridized carbons (Fsp3) is 0.167. The Morgan fingerprint density at radius 3 is 3.05 bits per heavy atom. The molecule has 0 spiro atoms. The molecule has 0 bridgehead atoms. The van der Waals surface area contributed by atoms with Gasteiger partial charge in [-0.25, -0.2) is 14.6 Å². The van der Waals surface area contributed by atoms with Crippen LogP contribution in [0.25, 0.3) is 11.2 Å². The zero-order chi connectivity index (χ0) is 13.2. The lowest BCUT2D eigenvalue weighted by Gasteiger charge is -2.02. The maximum atomic E-state index is 5.96. The Hall–Kier alpha value is -1.66. The molecule has 0 aliphatic heterocycles. The van der Waals surface area contributed by atoms with Gasteiger partial charge in [0.2, 0.25) is 0 Å². The second-order valence-corrected chi connectivity index (χ2v) is 5.38. The summed E-state index contributed by atoms with van der Waals surface area (Å²) in [6.07, 6.45) is 1.53. The number of aromatic nitrogens is 5. The summed E-state index contributed by atoms with van der Waals surface area (Å²) in [4.78, 5) is 8.42. The average Bonchev–Trinajstić information content (AvgIpc) is 2.79. The number of aryl methyl sites for hydroxylation is 1. The molecule has 0 saturated carbocycles. The summed E-state index contributed by atoms with van der Waals surface area (Å²) < 4.78 is 1.64. The van der Waals surface area contributed by atoms with Crippen LogP contribution in [-0.2, 0) is 12.8 Å². The van der Waals surface area contributed by atoms with E-state index in [1.807, 2.05) is 31.3 Å². The summed E-state index contributed by atoms with van der Waals surface area (Å²) in [6.45, 7) is 0. The highest BCUT2D eigenvalue weighted by Gasteiger charge is 2.10. The van der Waals surface area contributed by atoms with E-state index in [4.69, 9.17) is 11.6 Å². The van der Waals surface area contributed by atoms with E-state index in [1.165, 1.54) is 6.33 Å². The fourth-order valence-electron chi connectivity index (χ4n) is 1.72. The van der Waals surface area contributed by atoms with E-state index in [-0.39, 0.29) is 0 Å². The van der Waals surface area contributed by atoms with E-state index < -0.39 is 0 Å². The van der Waals surface area contributed by atoms with Crippen molar-refractivity contribution >= 4 is 34.5 Å². The van der Waals surface area contributed by atoms with Gasteiger partial charge in [-0.15, -0.1) is 5.10 Å². The maximum absolute atomic E-state index is 5.96. The third kappa shape index (κ3) is 2.54. The third-order valence-electron chi connectivity index (χ3n) is 2.62. The topological polar surface area (TPSA) is 56.5 Å². The van der Waals surface area contributed by atoms with Crippen molar-refractivity contribution in [2.24, 2.45) is 7.05 Å². The molecular weight excluding hydrogens is 282 g/mol. The van der Waals surface area contributed by atoms with Crippen LogP contribution >= 0.6 is 23.4 Å². The second-order valence-electron chi connectivity index (χ2n) is 3.98. The molecule has 19 heavy (non-hydrogen) atoms. The molecule has 0 unspecified atom stereocenters. The minimum atomic E-state index is 0.733. The van der Waals surface area contributed by atoms with Crippen LogP contribution in [-0.4, -0.2) is 25.0 Å². The molecule has 0 atom stereocenters. The van der Waals surface area contributed by atoms with Crippen molar-refractivity contribution < 1.29 is 0 Å². The summed E-state index contributed by atoms with van der Waals surface area (Å²) >= 11 is 7.56. The van der Waals surface area contributed by atoms with Crippen molar-refractivity contribution in [2.45, 2.75) is 10.8 Å². The summed E-state index contributed by atoms with van der Waals surface area (Å²) in [6, 6.07) is 7.79. The van der Waals surface area contributed by atoms with Crippen molar-refractivity contribution in [3.05, 3.63) is 41.2 Å². The minimum absolute atomic E-state index is 0.733. The molecule has 2 heterocycles. The molecule has 3 aromatic rings. The smallest absolute Gasteiger partial charge is 0.182 e. The summed E-state index contributed by atoms with van der Waals surface area (Å²) in [5, 5.41) is 9.62. The van der Waals surface area contributed by atoms with E-state index >= 15 is 0 Å². The molecule has 2 aromatic heterocycles. The van der Waals surface area contributed by atoms with Crippen LogP contribution < -0.4 is 0 Å². The van der Waals surface area contributed by atoms with Gasteiger partial charge in [-0.1, -0.05) is 40.7 Å². The maximum Gasteiger partial charge on any atom is 0.182 e. The zero-order valence-electron chi connectivity index (χ0n) is 10.1. The van der Waals surface area contributed by atoms with Crippen LogP contribution in [0.5, 0.6) is 0 Å². The Balaban J connectivity index is 1.86. The van der Waals surface area contributed by atoms with E-state index in [0.717, 1.165) is 32.5 Å². The van der Waals surface area contributed by atoms with Crippen LogP contribution in [0.3, 0.4) is 0 Å². The summed E-state index contributed by atoms with van der Waals surface area (Å²) in [5.41, 5.74) is 2.62. The minimum Gasteiger partial charge on any atom is -0.230 e. The van der Waals surface area contributed by atoms with Gasteiger partial charge in [0, 0.05) is 17.8 Å². The third-order valence-corrected chi connectivity index (χ3v) is 3.90. The highest BCUT2D eigenvalue weighted by atomic mass is 35.5. The molecule has 5 nitrogen and oxygen atoms in total.